The van der Waals surface area contributed by atoms with E-state index in [0.717, 1.165) is 12.3 Å². The molecule has 0 N–H and O–H groups in total. The highest BCUT2D eigenvalue weighted by Gasteiger charge is 2.36. The van der Waals surface area contributed by atoms with Gasteiger partial charge in [-0.1, -0.05) is 18.6 Å². The molecule has 4 aliphatic rings. The molecule has 0 spiro atoms. The number of rotatable bonds is 1. The van der Waals surface area contributed by atoms with Crippen molar-refractivity contribution in [2.75, 3.05) is 6.54 Å². The summed E-state index contributed by atoms with van der Waals surface area (Å²) in [5.74, 6) is 0.826. The van der Waals surface area contributed by atoms with Crippen molar-refractivity contribution in [1.82, 2.24) is 4.90 Å². The number of nitrogens with zero attached hydrogens (tertiary/aromatic N) is 2. The zero-order chi connectivity index (χ0) is 11.9. The van der Waals surface area contributed by atoms with Crippen LogP contribution in [-0.2, 0) is 0 Å². The normalized spacial score (nSPS) is 34.7. The number of allylic oxidation sites excluding steroid dienone is 2. The van der Waals surface area contributed by atoms with Gasteiger partial charge in [-0.15, -0.1) is 0 Å². The van der Waals surface area contributed by atoms with Gasteiger partial charge in [0.05, 0.1) is 0 Å². The Hall–Kier alpha value is -1.05. The van der Waals surface area contributed by atoms with E-state index >= 15 is 0 Å². The average Bonchev–Trinajstić information content (AvgIpc) is 3.02. The van der Waals surface area contributed by atoms with Gasteiger partial charge in [-0.3, -0.25) is 4.99 Å². The third kappa shape index (κ3) is 1.65. The number of hydrogen-bond donors (Lipinski definition) is 0. The fraction of sp³-hybridized carbons (Fsp3) is 0.688. The first-order chi connectivity index (χ1) is 8.92. The average molecular weight is 242 g/mol. The zero-order valence-electron chi connectivity index (χ0n) is 11.1. The molecule has 2 heterocycles. The quantitative estimate of drug-likeness (QED) is 0.641. The Bertz CT molecular complexity index is 444. The SMILES string of the molecule is C1=CCC2=C(C1)CCN2C1CC2CCCCC2=N1. The molecule has 0 bridgehead atoms. The Morgan fingerprint density at radius 3 is 3.00 bits per heavy atom. The van der Waals surface area contributed by atoms with Gasteiger partial charge in [0.15, 0.2) is 0 Å². The number of fused-ring (bicyclic) bond motifs is 1. The summed E-state index contributed by atoms with van der Waals surface area (Å²) >= 11 is 0. The minimum atomic E-state index is 0.488. The van der Waals surface area contributed by atoms with Gasteiger partial charge in [0, 0.05) is 30.3 Å². The van der Waals surface area contributed by atoms with Crippen molar-refractivity contribution >= 4 is 5.71 Å². The van der Waals surface area contributed by atoms with Gasteiger partial charge in [-0.05, 0) is 44.1 Å². The second kappa shape index (κ2) is 4.25. The van der Waals surface area contributed by atoms with E-state index in [4.69, 9.17) is 4.99 Å². The Kier molecular flexibility index (Phi) is 2.56. The lowest BCUT2D eigenvalue weighted by molar-refractivity contribution is 0.261. The van der Waals surface area contributed by atoms with E-state index in [0.29, 0.717) is 6.17 Å². The first-order valence-corrected chi connectivity index (χ1v) is 7.61. The maximum absolute atomic E-state index is 5.07. The third-order valence-corrected chi connectivity index (χ3v) is 5.13. The largest absolute Gasteiger partial charge is 0.353 e. The molecular formula is C16H22N2. The molecule has 0 amide bonds. The summed E-state index contributed by atoms with van der Waals surface area (Å²) in [7, 11) is 0. The third-order valence-electron chi connectivity index (χ3n) is 5.13. The molecule has 2 unspecified atom stereocenters. The molecule has 0 aromatic heterocycles. The molecule has 0 aromatic carbocycles. The van der Waals surface area contributed by atoms with Crippen LogP contribution in [0.15, 0.2) is 28.4 Å². The van der Waals surface area contributed by atoms with Crippen LogP contribution >= 0.6 is 0 Å². The van der Waals surface area contributed by atoms with Crippen molar-refractivity contribution < 1.29 is 0 Å². The molecule has 2 heteroatoms. The van der Waals surface area contributed by atoms with E-state index in [2.05, 4.69) is 17.1 Å². The van der Waals surface area contributed by atoms with Crippen molar-refractivity contribution in [1.29, 1.82) is 0 Å². The summed E-state index contributed by atoms with van der Waals surface area (Å²) in [6.07, 6.45) is 15.6. The maximum atomic E-state index is 5.07. The van der Waals surface area contributed by atoms with Gasteiger partial charge in [-0.2, -0.15) is 0 Å². The van der Waals surface area contributed by atoms with E-state index < -0.39 is 0 Å². The lowest BCUT2D eigenvalue weighted by atomic mass is 9.86. The monoisotopic (exact) mass is 242 g/mol. The predicted molar refractivity (Wildman–Crippen MR) is 74.5 cm³/mol. The summed E-state index contributed by atoms with van der Waals surface area (Å²) in [6, 6.07) is 0. The number of hydrogen-bond acceptors (Lipinski definition) is 2. The molecule has 96 valence electrons. The molecule has 0 radical (unpaired) electrons. The standard InChI is InChI=1S/C16H22N2/c1-3-7-14-13(6-1)11-16(17-14)18-10-9-12-5-2-4-8-15(12)18/h2,4,13,16H,1,3,5-11H2. The van der Waals surface area contributed by atoms with Crippen molar-refractivity contribution in [2.45, 2.75) is 57.5 Å². The second-order valence-electron chi connectivity index (χ2n) is 6.15. The van der Waals surface area contributed by atoms with E-state index in [1.165, 1.54) is 51.5 Å². The Labute approximate surface area is 109 Å². The highest BCUT2D eigenvalue weighted by atomic mass is 15.3. The molecule has 2 aliphatic heterocycles. The summed E-state index contributed by atoms with van der Waals surface area (Å²) < 4.78 is 0. The van der Waals surface area contributed by atoms with Crippen LogP contribution in [0.5, 0.6) is 0 Å². The van der Waals surface area contributed by atoms with Gasteiger partial charge in [-0.25, -0.2) is 0 Å². The number of aliphatic imine (C=N–C) groups is 1. The van der Waals surface area contributed by atoms with Gasteiger partial charge < -0.3 is 4.90 Å². The van der Waals surface area contributed by atoms with Crippen LogP contribution in [-0.4, -0.2) is 23.3 Å². The molecule has 2 nitrogen and oxygen atoms in total. The van der Waals surface area contributed by atoms with Crippen LogP contribution in [0.3, 0.4) is 0 Å². The molecule has 18 heavy (non-hydrogen) atoms. The van der Waals surface area contributed by atoms with Gasteiger partial charge in [0.2, 0.25) is 0 Å². The van der Waals surface area contributed by atoms with Crippen LogP contribution in [0.4, 0.5) is 0 Å². The molecule has 0 saturated heterocycles. The smallest absolute Gasteiger partial charge is 0.121 e. The maximum Gasteiger partial charge on any atom is 0.121 e. The fourth-order valence-electron chi connectivity index (χ4n) is 4.16. The van der Waals surface area contributed by atoms with E-state index in [-0.39, 0.29) is 0 Å². The molecule has 2 aliphatic carbocycles. The fourth-order valence-corrected chi connectivity index (χ4v) is 4.16. The lowest BCUT2D eigenvalue weighted by Gasteiger charge is -2.28. The summed E-state index contributed by atoms with van der Waals surface area (Å²) in [6.45, 7) is 1.22. The van der Waals surface area contributed by atoms with Crippen LogP contribution in [0, 0.1) is 5.92 Å². The van der Waals surface area contributed by atoms with E-state index in [1.807, 2.05) is 0 Å². The predicted octanol–water partition coefficient (Wildman–Crippen LogP) is 3.66. The minimum Gasteiger partial charge on any atom is -0.353 e. The minimum absolute atomic E-state index is 0.488. The molecule has 1 saturated carbocycles. The molecule has 4 rings (SSSR count). The topological polar surface area (TPSA) is 15.6 Å². The molecule has 0 aromatic rings. The van der Waals surface area contributed by atoms with Crippen molar-refractivity contribution in [3.05, 3.63) is 23.4 Å². The highest BCUT2D eigenvalue weighted by molar-refractivity contribution is 5.89. The first kappa shape index (κ1) is 10.8. The molecular weight excluding hydrogens is 220 g/mol. The summed E-state index contributed by atoms with van der Waals surface area (Å²) in [5.41, 5.74) is 4.85. The molecule has 2 atom stereocenters. The molecule has 1 fully saturated rings. The van der Waals surface area contributed by atoms with Crippen LogP contribution in [0.2, 0.25) is 0 Å². The Morgan fingerprint density at radius 2 is 2.06 bits per heavy atom. The van der Waals surface area contributed by atoms with Crippen molar-refractivity contribution in [3.8, 4) is 0 Å². The second-order valence-corrected chi connectivity index (χ2v) is 6.15. The zero-order valence-corrected chi connectivity index (χ0v) is 11.1. The highest BCUT2D eigenvalue weighted by Crippen LogP contribution is 2.39. The van der Waals surface area contributed by atoms with Crippen LogP contribution < -0.4 is 0 Å². The Morgan fingerprint density at radius 1 is 1.11 bits per heavy atom. The van der Waals surface area contributed by atoms with Crippen LogP contribution in [0.25, 0.3) is 0 Å². The first-order valence-electron chi connectivity index (χ1n) is 7.61. The van der Waals surface area contributed by atoms with Gasteiger partial charge in [0.25, 0.3) is 0 Å². The van der Waals surface area contributed by atoms with Crippen molar-refractivity contribution in [2.24, 2.45) is 10.9 Å². The van der Waals surface area contributed by atoms with Gasteiger partial charge in [0.1, 0.15) is 6.17 Å². The summed E-state index contributed by atoms with van der Waals surface area (Å²) in [4.78, 5) is 7.70. The Balaban J connectivity index is 1.55. The lowest BCUT2D eigenvalue weighted by Crippen LogP contribution is -2.30. The van der Waals surface area contributed by atoms with Crippen LogP contribution in [0.1, 0.15) is 51.4 Å². The van der Waals surface area contributed by atoms with E-state index in [9.17, 15) is 0 Å². The van der Waals surface area contributed by atoms with E-state index in [1.54, 1.807) is 17.0 Å². The summed E-state index contributed by atoms with van der Waals surface area (Å²) in [5, 5.41) is 0. The van der Waals surface area contributed by atoms with Gasteiger partial charge >= 0.3 is 0 Å². The van der Waals surface area contributed by atoms with Crippen molar-refractivity contribution in [3.63, 3.8) is 0 Å².